The summed E-state index contributed by atoms with van der Waals surface area (Å²) in [7, 11) is 2.17. The fraction of sp³-hybridized carbons (Fsp3) is 0.593. The van der Waals surface area contributed by atoms with Gasteiger partial charge in [0.1, 0.15) is 0 Å². The molecule has 3 atom stereocenters. The van der Waals surface area contributed by atoms with Crippen LogP contribution in [0.3, 0.4) is 0 Å². The predicted molar refractivity (Wildman–Crippen MR) is 138 cm³/mol. The summed E-state index contributed by atoms with van der Waals surface area (Å²) in [5.41, 5.74) is 1.66. The number of hydrogen-bond acceptors (Lipinski definition) is 5. The van der Waals surface area contributed by atoms with Crippen LogP contribution in [-0.4, -0.2) is 99.7 Å². The Morgan fingerprint density at radius 3 is 2.39 bits per heavy atom. The summed E-state index contributed by atoms with van der Waals surface area (Å²) in [4.78, 5) is 34.9. The number of aromatic nitrogens is 2. The van der Waals surface area contributed by atoms with E-state index in [1.165, 1.54) is 17.5 Å². The molecule has 4 aliphatic rings. The maximum atomic E-state index is 13.2. The van der Waals surface area contributed by atoms with Crippen molar-refractivity contribution in [1.29, 1.82) is 0 Å². The minimum absolute atomic E-state index is 0.0211. The predicted octanol–water partition coefficient (Wildman–Crippen LogP) is 3.27. The molecule has 0 bridgehead atoms. The SMILES string of the molecule is CN(Cc1ccccc1Cl)[C@@H]1C[C@@H]2CN(C(=O)n3cc(C(=O)N4CCN(C5CC5)CC4)cn3)C[C@@H]2C1. The zero-order chi connectivity index (χ0) is 24.8. The van der Waals surface area contributed by atoms with Crippen LogP contribution in [0.2, 0.25) is 5.02 Å². The van der Waals surface area contributed by atoms with E-state index in [1.807, 2.05) is 28.0 Å². The summed E-state index contributed by atoms with van der Waals surface area (Å²) in [6.45, 7) is 5.72. The zero-order valence-corrected chi connectivity index (χ0v) is 21.7. The summed E-state index contributed by atoms with van der Waals surface area (Å²) >= 11 is 6.36. The summed E-state index contributed by atoms with van der Waals surface area (Å²) in [6.07, 6.45) is 7.92. The molecule has 6 rings (SSSR count). The van der Waals surface area contributed by atoms with Gasteiger partial charge in [-0.2, -0.15) is 9.78 Å². The Morgan fingerprint density at radius 2 is 1.72 bits per heavy atom. The van der Waals surface area contributed by atoms with Crippen molar-refractivity contribution < 1.29 is 9.59 Å². The van der Waals surface area contributed by atoms with E-state index in [1.54, 1.807) is 12.4 Å². The van der Waals surface area contributed by atoms with Gasteiger partial charge in [0.15, 0.2) is 0 Å². The first kappa shape index (κ1) is 23.9. The lowest BCUT2D eigenvalue weighted by Gasteiger charge is -2.34. The van der Waals surface area contributed by atoms with Gasteiger partial charge in [-0.15, -0.1) is 0 Å². The number of halogens is 1. The average molecular weight is 511 g/mol. The van der Waals surface area contributed by atoms with Crippen molar-refractivity contribution in [2.75, 3.05) is 46.3 Å². The molecule has 0 spiro atoms. The van der Waals surface area contributed by atoms with E-state index in [2.05, 4.69) is 28.0 Å². The van der Waals surface area contributed by atoms with Crippen molar-refractivity contribution in [2.45, 2.75) is 44.3 Å². The number of fused-ring (bicyclic) bond motifs is 1. The topological polar surface area (TPSA) is 64.9 Å². The third-order valence-electron chi connectivity index (χ3n) is 8.69. The van der Waals surface area contributed by atoms with Crippen molar-refractivity contribution in [2.24, 2.45) is 11.8 Å². The highest BCUT2D eigenvalue weighted by atomic mass is 35.5. The van der Waals surface area contributed by atoms with Gasteiger partial charge in [0.05, 0.1) is 11.8 Å². The van der Waals surface area contributed by atoms with Crippen LogP contribution in [0.25, 0.3) is 0 Å². The number of rotatable bonds is 5. The molecular weight excluding hydrogens is 476 g/mol. The van der Waals surface area contributed by atoms with Gasteiger partial charge in [-0.3, -0.25) is 14.6 Å². The molecule has 8 nitrogen and oxygen atoms in total. The Labute approximate surface area is 217 Å². The molecule has 0 unspecified atom stereocenters. The highest BCUT2D eigenvalue weighted by Gasteiger charge is 2.44. The van der Waals surface area contributed by atoms with Gasteiger partial charge in [-0.1, -0.05) is 29.8 Å². The molecule has 2 aromatic rings. The van der Waals surface area contributed by atoms with Crippen molar-refractivity contribution >= 4 is 23.5 Å². The number of likely N-dealkylation sites (tertiary alicyclic amines) is 1. The van der Waals surface area contributed by atoms with E-state index in [-0.39, 0.29) is 11.9 Å². The molecule has 3 heterocycles. The van der Waals surface area contributed by atoms with Crippen LogP contribution < -0.4 is 0 Å². The van der Waals surface area contributed by atoms with Crippen molar-refractivity contribution in [3.05, 3.63) is 52.8 Å². The second-order valence-electron chi connectivity index (χ2n) is 11.1. The van der Waals surface area contributed by atoms with Gasteiger partial charge < -0.3 is 9.80 Å². The molecule has 1 aromatic heterocycles. The maximum absolute atomic E-state index is 13.2. The van der Waals surface area contributed by atoms with Crippen LogP contribution in [0.15, 0.2) is 36.7 Å². The van der Waals surface area contributed by atoms with E-state index in [0.717, 1.165) is 75.3 Å². The highest BCUT2D eigenvalue weighted by molar-refractivity contribution is 6.31. The molecule has 2 saturated carbocycles. The minimum Gasteiger partial charge on any atom is -0.336 e. The summed E-state index contributed by atoms with van der Waals surface area (Å²) in [5.74, 6) is 0.992. The molecular formula is C27H35ClN6O2. The zero-order valence-electron chi connectivity index (χ0n) is 20.9. The quantitative estimate of drug-likeness (QED) is 0.617. The number of piperazine rings is 1. The Kier molecular flexibility index (Phi) is 6.52. The molecule has 0 N–H and O–H groups in total. The van der Waals surface area contributed by atoms with Crippen molar-refractivity contribution in [3.8, 4) is 0 Å². The standard InChI is InChI=1S/C27H35ClN6O2/c1-30(15-19-4-2-3-5-25(19)28)24-12-20-16-33(17-21(20)13-24)27(36)34-18-22(14-29-34)26(35)32-10-8-31(9-11-32)23-6-7-23/h2-5,14,18,20-21,23-24H,6-13,15-17H2,1H3/t20-,21+,24-. The van der Waals surface area contributed by atoms with E-state index < -0.39 is 0 Å². The number of carbonyl (C=O) groups is 2. The highest BCUT2D eigenvalue weighted by Crippen LogP contribution is 2.40. The summed E-state index contributed by atoms with van der Waals surface area (Å²) in [6, 6.07) is 9.15. The second kappa shape index (κ2) is 9.80. The van der Waals surface area contributed by atoms with Crippen LogP contribution >= 0.6 is 11.6 Å². The average Bonchev–Trinajstić information content (AvgIpc) is 3.29. The van der Waals surface area contributed by atoms with Crippen molar-refractivity contribution in [3.63, 3.8) is 0 Å². The monoisotopic (exact) mass is 510 g/mol. The first-order valence-electron chi connectivity index (χ1n) is 13.3. The van der Waals surface area contributed by atoms with Crippen LogP contribution in [0.4, 0.5) is 4.79 Å². The van der Waals surface area contributed by atoms with Crippen LogP contribution in [0, 0.1) is 11.8 Å². The fourth-order valence-corrected chi connectivity index (χ4v) is 6.60. The smallest absolute Gasteiger partial charge is 0.336 e. The van der Waals surface area contributed by atoms with Crippen LogP contribution in [0.1, 0.15) is 41.6 Å². The second-order valence-corrected chi connectivity index (χ2v) is 11.5. The minimum atomic E-state index is -0.122. The largest absolute Gasteiger partial charge is 0.344 e. The molecule has 2 saturated heterocycles. The Balaban J connectivity index is 1.01. The lowest BCUT2D eigenvalue weighted by molar-refractivity contribution is 0.0627. The number of hydrogen-bond donors (Lipinski definition) is 0. The molecule has 2 aliphatic carbocycles. The van der Waals surface area contributed by atoms with Gasteiger partial charge in [0.25, 0.3) is 5.91 Å². The normalized spacial score (nSPS) is 26.6. The van der Waals surface area contributed by atoms with E-state index >= 15 is 0 Å². The molecule has 0 radical (unpaired) electrons. The van der Waals surface area contributed by atoms with Gasteiger partial charge in [0, 0.05) is 69.1 Å². The number of carbonyl (C=O) groups excluding carboxylic acids is 2. The molecule has 9 heteroatoms. The first-order chi connectivity index (χ1) is 17.5. The molecule has 4 fully saturated rings. The number of nitrogens with zero attached hydrogens (tertiary/aromatic N) is 6. The lowest BCUT2D eigenvalue weighted by atomic mass is 10.0. The van der Waals surface area contributed by atoms with Gasteiger partial charge >= 0.3 is 6.03 Å². The fourth-order valence-electron chi connectivity index (χ4n) is 6.40. The number of benzene rings is 1. The van der Waals surface area contributed by atoms with Gasteiger partial charge in [0.2, 0.25) is 0 Å². The van der Waals surface area contributed by atoms with E-state index in [4.69, 9.17) is 11.6 Å². The summed E-state index contributed by atoms with van der Waals surface area (Å²) < 4.78 is 1.36. The Morgan fingerprint density at radius 1 is 1.03 bits per heavy atom. The lowest BCUT2D eigenvalue weighted by Crippen LogP contribution is -2.49. The number of amides is 2. The molecule has 2 aliphatic heterocycles. The Hall–Kier alpha value is -2.42. The summed E-state index contributed by atoms with van der Waals surface area (Å²) in [5, 5.41) is 5.09. The molecule has 36 heavy (non-hydrogen) atoms. The van der Waals surface area contributed by atoms with Crippen LogP contribution in [-0.2, 0) is 6.54 Å². The van der Waals surface area contributed by atoms with Crippen LogP contribution in [0.5, 0.6) is 0 Å². The van der Waals surface area contributed by atoms with E-state index in [9.17, 15) is 9.59 Å². The van der Waals surface area contributed by atoms with Crippen molar-refractivity contribution in [1.82, 2.24) is 29.4 Å². The van der Waals surface area contributed by atoms with Gasteiger partial charge in [-0.05, 0) is 56.2 Å². The molecule has 2 amide bonds. The van der Waals surface area contributed by atoms with Gasteiger partial charge in [-0.25, -0.2) is 4.79 Å². The molecule has 1 aromatic carbocycles. The maximum Gasteiger partial charge on any atom is 0.344 e. The Bertz CT molecular complexity index is 1110. The molecule has 192 valence electrons. The third kappa shape index (κ3) is 4.78. The van der Waals surface area contributed by atoms with E-state index in [0.29, 0.717) is 23.4 Å². The third-order valence-corrected chi connectivity index (χ3v) is 9.06. The first-order valence-corrected chi connectivity index (χ1v) is 13.6.